The van der Waals surface area contributed by atoms with Crippen molar-refractivity contribution in [1.82, 2.24) is 0 Å². The molecule has 0 aromatic heterocycles. The van der Waals surface area contributed by atoms with Crippen molar-refractivity contribution in [2.45, 2.75) is 29.9 Å². The van der Waals surface area contributed by atoms with E-state index in [9.17, 15) is 14.4 Å². The van der Waals surface area contributed by atoms with Gasteiger partial charge in [-0.3, -0.25) is 14.4 Å². The number of hydrogen-bond acceptors (Lipinski definition) is 6. The SMILES string of the molecule is CC(Sc1cccc(NC(=O)CCC(=O)O)c1)C(=O)Nc1ccc2c(c1)OCO2. The van der Waals surface area contributed by atoms with Crippen molar-refractivity contribution in [3.8, 4) is 11.5 Å². The van der Waals surface area contributed by atoms with Gasteiger partial charge in [0.1, 0.15) is 0 Å². The number of aliphatic carboxylic acids is 1. The molecule has 0 saturated heterocycles. The van der Waals surface area contributed by atoms with Gasteiger partial charge < -0.3 is 25.2 Å². The molecule has 29 heavy (non-hydrogen) atoms. The smallest absolute Gasteiger partial charge is 0.303 e. The van der Waals surface area contributed by atoms with Crippen LogP contribution in [0.1, 0.15) is 19.8 Å². The highest BCUT2D eigenvalue weighted by Gasteiger charge is 2.18. The van der Waals surface area contributed by atoms with Crippen LogP contribution in [0.2, 0.25) is 0 Å². The van der Waals surface area contributed by atoms with E-state index in [4.69, 9.17) is 14.6 Å². The first-order chi connectivity index (χ1) is 13.9. The minimum absolute atomic E-state index is 0.0962. The fourth-order valence-corrected chi connectivity index (χ4v) is 3.49. The zero-order valence-corrected chi connectivity index (χ0v) is 16.5. The average molecular weight is 416 g/mol. The van der Waals surface area contributed by atoms with Gasteiger partial charge in [-0.2, -0.15) is 0 Å². The molecule has 3 rings (SSSR count). The topological polar surface area (TPSA) is 114 Å². The van der Waals surface area contributed by atoms with E-state index in [2.05, 4.69) is 10.6 Å². The zero-order valence-electron chi connectivity index (χ0n) is 15.6. The van der Waals surface area contributed by atoms with Crippen molar-refractivity contribution in [3.63, 3.8) is 0 Å². The number of nitrogens with one attached hydrogen (secondary N) is 2. The molecule has 1 unspecified atom stereocenters. The van der Waals surface area contributed by atoms with Crippen molar-refractivity contribution >= 4 is 40.9 Å². The molecule has 1 aliphatic rings. The molecular weight excluding hydrogens is 396 g/mol. The largest absolute Gasteiger partial charge is 0.481 e. The van der Waals surface area contributed by atoms with Crippen LogP contribution in [0.25, 0.3) is 0 Å². The Bertz CT molecular complexity index is 933. The number of fused-ring (bicyclic) bond motifs is 1. The fourth-order valence-electron chi connectivity index (χ4n) is 2.57. The van der Waals surface area contributed by atoms with Crippen molar-refractivity contribution in [3.05, 3.63) is 42.5 Å². The molecule has 0 saturated carbocycles. The third kappa shape index (κ3) is 5.89. The second-order valence-electron chi connectivity index (χ2n) is 6.29. The Hall–Kier alpha value is -3.20. The standard InChI is InChI=1S/C20H20N2O6S/c1-12(20(26)22-14-5-6-16-17(10-14)28-11-27-16)29-15-4-2-3-13(9-15)21-18(23)7-8-19(24)25/h2-6,9-10,12H,7-8,11H2,1H3,(H,21,23)(H,22,26)(H,24,25). The van der Waals surface area contributed by atoms with Crippen LogP contribution in [0.15, 0.2) is 47.4 Å². The summed E-state index contributed by atoms with van der Waals surface area (Å²) < 4.78 is 10.6. The van der Waals surface area contributed by atoms with Gasteiger partial charge in [0.05, 0.1) is 11.7 Å². The van der Waals surface area contributed by atoms with Crippen LogP contribution >= 0.6 is 11.8 Å². The fraction of sp³-hybridized carbons (Fsp3) is 0.250. The normalized spacial score (nSPS) is 12.9. The number of carboxylic acids is 1. The molecule has 0 bridgehead atoms. The quantitative estimate of drug-likeness (QED) is 0.566. The lowest BCUT2D eigenvalue weighted by atomic mass is 10.2. The van der Waals surface area contributed by atoms with Gasteiger partial charge in [-0.05, 0) is 37.3 Å². The van der Waals surface area contributed by atoms with Crippen molar-refractivity contribution in [2.75, 3.05) is 17.4 Å². The summed E-state index contributed by atoms with van der Waals surface area (Å²) in [7, 11) is 0. The molecule has 2 amide bonds. The highest BCUT2D eigenvalue weighted by Crippen LogP contribution is 2.34. The van der Waals surface area contributed by atoms with Crippen LogP contribution < -0.4 is 20.1 Å². The van der Waals surface area contributed by atoms with Gasteiger partial charge in [-0.15, -0.1) is 11.8 Å². The van der Waals surface area contributed by atoms with E-state index in [-0.39, 0.29) is 31.4 Å². The van der Waals surface area contributed by atoms with Crippen molar-refractivity contribution in [2.24, 2.45) is 0 Å². The molecule has 0 radical (unpaired) electrons. The molecule has 3 N–H and O–H groups in total. The van der Waals surface area contributed by atoms with Crippen LogP contribution in [-0.2, 0) is 14.4 Å². The summed E-state index contributed by atoms with van der Waals surface area (Å²) in [6.07, 6.45) is -0.321. The molecule has 1 heterocycles. The molecule has 2 aromatic carbocycles. The van der Waals surface area contributed by atoms with Gasteiger partial charge in [0.15, 0.2) is 11.5 Å². The van der Waals surface area contributed by atoms with Crippen LogP contribution in [-0.4, -0.2) is 34.9 Å². The molecule has 8 nitrogen and oxygen atoms in total. The third-order valence-electron chi connectivity index (χ3n) is 4.01. The van der Waals surface area contributed by atoms with Gasteiger partial charge in [-0.25, -0.2) is 0 Å². The Morgan fingerprint density at radius 2 is 1.79 bits per heavy atom. The summed E-state index contributed by atoms with van der Waals surface area (Å²) in [4.78, 5) is 35.6. The predicted molar refractivity (Wildman–Crippen MR) is 108 cm³/mol. The summed E-state index contributed by atoms with van der Waals surface area (Å²) in [6, 6.07) is 12.3. The first kappa shape index (κ1) is 20.5. The number of rotatable bonds is 8. The summed E-state index contributed by atoms with van der Waals surface area (Å²) in [5.74, 6) is -0.332. The number of hydrogen-bond donors (Lipinski definition) is 3. The first-order valence-corrected chi connectivity index (χ1v) is 9.77. The second kappa shape index (κ2) is 9.33. The van der Waals surface area contributed by atoms with Crippen LogP contribution in [0.5, 0.6) is 11.5 Å². The summed E-state index contributed by atoms with van der Waals surface area (Å²) in [5, 5.41) is 13.8. The van der Waals surface area contributed by atoms with Gasteiger partial charge >= 0.3 is 5.97 Å². The zero-order chi connectivity index (χ0) is 20.8. The van der Waals surface area contributed by atoms with E-state index in [1.807, 2.05) is 6.07 Å². The maximum absolute atomic E-state index is 12.5. The van der Waals surface area contributed by atoms with E-state index in [1.54, 1.807) is 43.3 Å². The van der Waals surface area contributed by atoms with Crippen LogP contribution in [0.3, 0.4) is 0 Å². The van der Waals surface area contributed by atoms with E-state index in [1.165, 1.54) is 11.8 Å². The molecule has 0 spiro atoms. The van der Waals surface area contributed by atoms with Crippen LogP contribution in [0.4, 0.5) is 11.4 Å². The van der Waals surface area contributed by atoms with E-state index in [0.29, 0.717) is 22.9 Å². The monoisotopic (exact) mass is 416 g/mol. The first-order valence-electron chi connectivity index (χ1n) is 8.89. The molecule has 0 fully saturated rings. The highest BCUT2D eigenvalue weighted by atomic mass is 32.2. The lowest BCUT2D eigenvalue weighted by molar-refractivity contribution is -0.138. The van der Waals surface area contributed by atoms with E-state index in [0.717, 1.165) is 4.90 Å². The van der Waals surface area contributed by atoms with Gasteiger partial charge in [0.25, 0.3) is 0 Å². The van der Waals surface area contributed by atoms with E-state index < -0.39 is 11.2 Å². The number of carbonyl (C=O) groups excluding carboxylic acids is 2. The molecule has 2 aromatic rings. The summed E-state index contributed by atoms with van der Waals surface area (Å²) >= 11 is 1.34. The number of carbonyl (C=O) groups is 3. The number of carboxylic acid groups (broad SMARTS) is 1. The Morgan fingerprint density at radius 1 is 1.03 bits per heavy atom. The minimum atomic E-state index is -1.02. The number of amides is 2. The second-order valence-corrected chi connectivity index (χ2v) is 7.70. The predicted octanol–water partition coefficient (Wildman–Crippen LogP) is 3.34. The van der Waals surface area contributed by atoms with Crippen LogP contribution in [0, 0.1) is 0 Å². The minimum Gasteiger partial charge on any atom is -0.481 e. The Morgan fingerprint density at radius 3 is 2.59 bits per heavy atom. The lowest BCUT2D eigenvalue weighted by Gasteiger charge is -2.13. The molecule has 1 aliphatic heterocycles. The highest BCUT2D eigenvalue weighted by molar-refractivity contribution is 8.00. The van der Waals surface area contributed by atoms with E-state index >= 15 is 0 Å². The Labute approximate surface area is 171 Å². The third-order valence-corrected chi connectivity index (χ3v) is 5.10. The number of anilines is 2. The average Bonchev–Trinajstić information content (AvgIpc) is 3.14. The number of benzene rings is 2. The summed E-state index contributed by atoms with van der Waals surface area (Å²) in [5.41, 5.74) is 1.17. The molecule has 1 atom stereocenters. The molecule has 0 aliphatic carbocycles. The maximum Gasteiger partial charge on any atom is 0.303 e. The Kier molecular flexibility index (Phi) is 6.61. The van der Waals surface area contributed by atoms with Crippen molar-refractivity contribution < 1.29 is 29.0 Å². The molecule has 9 heteroatoms. The van der Waals surface area contributed by atoms with Crippen molar-refractivity contribution in [1.29, 1.82) is 0 Å². The van der Waals surface area contributed by atoms with Gasteiger partial charge in [0, 0.05) is 28.8 Å². The Balaban J connectivity index is 1.55. The number of ether oxygens (including phenoxy) is 2. The van der Waals surface area contributed by atoms with Gasteiger partial charge in [0.2, 0.25) is 18.6 Å². The summed E-state index contributed by atoms with van der Waals surface area (Å²) in [6.45, 7) is 1.95. The molecular formula is C20H20N2O6S. The molecule has 152 valence electrons. The lowest BCUT2D eigenvalue weighted by Crippen LogP contribution is -2.22. The number of thioether (sulfide) groups is 1. The van der Waals surface area contributed by atoms with Gasteiger partial charge in [-0.1, -0.05) is 6.07 Å². The maximum atomic E-state index is 12.5.